The molecule has 1 aromatic heterocycles. The maximum absolute atomic E-state index is 4.44. The van der Waals surface area contributed by atoms with Crippen LogP contribution in [0.4, 0.5) is 0 Å². The number of nitrogens with one attached hydrogen (secondary N) is 1. The first kappa shape index (κ1) is 12.3. The van der Waals surface area contributed by atoms with Gasteiger partial charge >= 0.3 is 0 Å². The van der Waals surface area contributed by atoms with Gasteiger partial charge in [-0.05, 0) is 47.1 Å². The Morgan fingerprint density at radius 3 is 2.53 bits per heavy atom. The summed E-state index contributed by atoms with van der Waals surface area (Å²) in [7, 11) is 1.97. The Kier molecular flexibility index (Phi) is 4.29. The first-order valence-electron chi connectivity index (χ1n) is 5.62. The molecule has 88 valence electrons. The van der Waals surface area contributed by atoms with Crippen molar-refractivity contribution in [1.82, 2.24) is 10.3 Å². The third-order valence-corrected chi connectivity index (χ3v) is 3.21. The molecular weight excluding hydrogens is 276 g/mol. The predicted molar refractivity (Wildman–Crippen MR) is 73.9 cm³/mol. The molecule has 0 amide bonds. The van der Waals surface area contributed by atoms with Crippen molar-refractivity contribution in [3.8, 4) is 0 Å². The lowest BCUT2D eigenvalue weighted by molar-refractivity contribution is 0.576. The molecule has 1 atom stereocenters. The van der Waals surface area contributed by atoms with Crippen LogP contribution in [0.5, 0.6) is 0 Å². The summed E-state index contributed by atoms with van der Waals surface area (Å²) in [5.74, 6) is 0. The summed E-state index contributed by atoms with van der Waals surface area (Å²) in [6.07, 6.45) is 2.79. The summed E-state index contributed by atoms with van der Waals surface area (Å²) >= 11 is 3.40. The minimum Gasteiger partial charge on any atom is -0.311 e. The van der Waals surface area contributed by atoms with Gasteiger partial charge in [0.15, 0.2) is 0 Å². The average molecular weight is 291 g/mol. The second-order valence-electron chi connectivity index (χ2n) is 3.93. The van der Waals surface area contributed by atoms with Gasteiger partial charge in [-0.25, -0.2) is 0 Å². The van der Waals surface area contributed by atoms with E-state index in [0.717, 1.165) is 16.6 Å². The van der Waals surface area contributed by atoms with E-state index in [4.69, 9.17) is 0 Å². The highest BCUT2D eigenvalue weighted by Gasteiger charge is 2.10. The second kappa shape index (κ2) is 5.94. The average Bonchev–Trinajstić information content (AvgIpc) is 2.38. The van der Waals surface area contributed by atoms with Gasteiger partial charge in [-0.1, -0.05) is 30.3 Å². The Hall–Kier alpha value is -1.19. The minimum atomic E-state index is 0.255. The van der Waals surface area contributed by atoms with Gasteiger partial charge < -0.3 is 5.32 Å². The van der Waals surface area contributed by atoms with Crippen LogP contribution in [0.1, 0.15) is 17.3 Å². The predicted octanol–water partition coefficient (Wildman–Crippen LogP) is 3.35. The number of benzene rings is 1. The Bertz CT molecular complexity index is 453. The number of nitrogens with zero attached hydrogens (tertiary/aromatic N) is 1. The van der Waals surface area contributed by atoms with Crippen molar-refractivity contribution in [2.75, 3.05) is 7.05 Å². The van der Waals surface area contributed by atoms with Crippen molar-refractivity contribution in [2.24, 2.45) is 0 Å². The third kappa shape index (κ3) is 3.38. The van der Waals surface area contributed by atoms with Crippen molar-refractivity contribution < 1.29 is 0 Å². The lowest BCUT2D eigenvalue weighted by atomic mass is 10.0. The molecule has 2 nitrogen and oxygen atoms in total. The Morgan fingerprint density at radius 1 is 1.18 bits per heavy atom. The monoisotopic (exact) mass is 290 g/mol. The number of pyridine rings is 1. The van der Waals surface area contributed by atoms with Gasteiger partial charge in [0.1, 0.15) is 0 Å². The van der Waals surface area contributed by atoms with Crippen molar-refractivity contribution in [2.45, 2.75) is 12.5 Å². The van der Waals surface area contributed by atoms with Crippen LogP contribution in [-0.4, -0.2) is 12.0 Å². The number of hydrogen-bond acceptors (Lipinski definition) is 2. The van der Waals surface area contributed by atoms with Gasteiger partial charge in [0.25, 0.3) is 0 Å². The van der Waals surface area contributed by atoms with E-state index in [1.807, 2.05) is 31.4 Å². The SMILES string of the molecule is CNC(Cc1ccccc1)c1ccc(Br)cn1. The van der Waals surface area contributed by atoms with Gasteiger partial charge in [0.05, 0.1) is 11.7 Å². The highest BCUT2D eigenvalue weighted by molar-refractivity contribution is 9.10. The molecule has 17 heavy (non-hydrogen) atoms. The molecule has 1 aromatic carbocycles. The number of aromatic nitrogens is 1. The molecule has 0 aliphatic heterocycles. The Labute approximate surface area is 110 Å². The molecule has 0 aliphatic carbocycles. The molecule has 1 unspecified atom stereocenters. The van der Waals surface area contributed by atoms with E-state index in [-0.39, 0.29) is 6.04 Å². The van der Waals surface area contributed by atoms with Gasteiger partial charge in [-0.3, -0.25) is 4.98 Å². The van der Waals surface area contributed by atoms with E-state index in [2.05, 4.69) is 50.5 Å². The molecule has 0 fully saturated rings. The molecule has 0 saturated carbocycles. The van der Waals surface area contributed by atoms with Crippen LogP contribution in [-0.2, 0) is 6.42 Å². The Morgan fingerprint density at radius 2 is 1.94 bits per heavy atom. The maximum atomic E-state index is 4.44. The zero-order chi connectivity index (χ0) is 12.1. The number of rotatable bonds is 4. The summed E-state index contributed by atoms with van der Waals surface area (Å²) in [5.41, 5.74) is 2.39. The largest absolute Gasteiger partial charge is 0.311 e. The van der Waals surface area contributed by atoms with E-state index in [9.17, 15) is 0 Å². The zero-order valence-electron chi connectivity index (χ0n) is 9.73. The summed E-state index contributed by atoms with van der Waals surface area (Å²) in [5, 5.41) is 3.31. The molecule has 0 aliphatic rings. The van der Waals surface area contributed by atoms with E-state index >= 15 is 0 Å². The molecule has 0 saturated heterocycles. The van der Waals surface area contributed by atoms with E-state index in [1.54, 1.807) is 0 Å². The van der Waals surface area contributed by atoms with Crippen molar-refractivity contribution in [3.63, 3.8) is 0 Å². The molecule has 3 heteroatoms. The first-order chi connectivity index (χ1) is 8.29. The Balaban J connectivity index is 2.14. The second-order valence-corrected chi connectivity index (χ2v) is 4.85. The van der Waals surface area contributed by atoms with Gasteiger partial charge in [-0.2, -0.15) is 0 Å². The fraction of sp³-hybridized carbons (Fsp3) is 0.214. The molecule has 2 rings (SSSR count). The van der Waals surface area contributed by atoms with Crippen LogP contribution < -0.4 is 5.32 Å². The number of likely N-dealkylation sites (N-methyl/N-ethyl adjacent to an activating group) is 1. The zero-order valence-corrected chi connectivity index (χ0v) is 11.3. The quantitative estimate of drug-likeness (QED) is 0.934. The summed E-state index contributed by atoms with van der Waals surface area (Å²) in [6, 6.07) is 14.8. The van der Waals surface area contributed by atoms with Gasteiger partial charge in [0.2, 0.25) is 0 Å². The fourth-order valence-corrected chi connectivity index (χ4v) is 2.03. The molecule has 1 heterocycles. The van der Waals surface area contributed by atoms with Crippen LogP contribution in [0.3, 0.4) is 0 Å². The smallest absolute Gasteiger partial charge is 0.0577 e. The van der Waals surface area contributed by atoms with E-state index < -0.39 is 0 Å². The fourth-order valence-electron chi connectivity index (χ4n) is 1.80. The minimum absolute atomic E-state index is 0.255. The maximum Gasteiger partial charge on any atom is 0.0577 e. The molecular formula is C14H15BrN2. The summed E-state index contributed by atoms with van der Waals surface area (Å²) < 4.78 is 1.01. The standard InChI is InChI=1S/C14H15BrN2/c1-16-14(9-11-5-3-2-4-6-11)13-8-7-12(15)10-17-13/h2-8,10,14,16H,9H2,1H3. The van der Waals surface area contributed by atoms with E-state index in [1.165, 1.54) is 5.56 Å². The number of hydrogen-bond donors (Lipinski definition) is 1. The molecule has 0 spiro atoms. The van der Waals surface area contributed by atoms with Crippen LogP contribution in [0, 0.1) is 0 Å². The van der Waals surface area contributed by atoms with Crippen LogP contribution in [0.15, 0.2) is 53.1 Å². The van der Waals surface area contributed by atoms with Crippen molar-refractivity contribution in [1.29, 1.82) is 0 Å². The normalized spacial score (nSPS) is 12.4. The highest BCUT2D eigenvalue weighted by atomic mass is 79.9. The topological polar surface area (TPSA) is 24.9 Å². The summed E-state index contributed by atoms with van der Waals surface area (Å²) in [4.78, 5) is 4.44. The third-order valence-electron chi connectivity index (χ3n) is 2.74. The summed E-state index contributed by atoms with van der Waals surface area (Å²) in [6.45, 7) is 0. The first-order valence-corrected chi connectivity index (χ1v) is 6.41. The molecule has 0 bridgehead atoms. The molecule has 2 aromatic rings. The van der Waals surface area contributed by atoms with Crippen molar-refractivity contribution in [3.05, 3.63) is 64.4 Å². The van der Waals surface area contributed by atoms with Crippen molar-refractivity contribution >= 4 is 15.9 Å². The lowest BCUT2D eigenvalue weighted by Gasteiger charge is -2.15. The van der Waals surface area contributed by atoms with Gasteiger partial charge in [-0.15, -0.1) is 0 Å². The van der Waals surface area contributed by atoms with Crippen LogP contribution in [0.2, 0.25) is 0 Å². The van der Waals surface area contributed by atoms with Crippen LogP contribution >= 0.6 is 15.9 Å². The highest BCUT2D eigenvalue weighted by Crippen LogP contribution is 2.17. The number of halogens is 1. The van der Waals surface area contributed by atoms with E-state index in [0.29, 0.717) is 0 Å². The molecule has 1 N–H and O–H groups in total. The van der Waals surface area contributed by atoms with Crippen LogP contribution in [0.25, 0.3) is 0 Å². The van der Waals surface area contributed by atoms with Gasteiger partial charge in [0, 0.05) is 10.7 Å². The molecule has 0 radical (unpaired) electrons. The lowest BCUT2D eigenvalue weighted by Crippen LogP contribution is -2.19.